The minimum absolute atomic E-state index is 0.242. The van der Waals surface area contributed by atoms with Gasteiger partial charge in [-0.2, -0.15) is 0 Å². The second-order valence-corrected chi connectivity index (χ2v) is 9.88. The third kappa shape index (κ3) is 4.01. The van der Waals surface area contributed by atoms with Crippen molar-refractivity contribution < 1.29 is 28.9 Å². The lowest BCUT2D eigenvalue weighted by molar-refractivity contribution is -0.193. The van der Waals surface area contributed by atoms with Gasteiger partial charge in [-0.1, -0.05) is 40.6 Å². The standard InChI is InChI=1S/C23H30BrNO6/c1-5-30-20(27)21-11-7-12-22(24,15-25(3)14-21)23(21,28)13-10-17-8-6-9-18(29-4)19(17)31-16(2)26/h6,8-10,13,28H,5,7,11-12,14-15H2,1-4H3/t21-,22-,23-/m0/s1. The van der Waals surface area contributed by atoms with Crippen molar-refractivity contribution in [1.29, 1.82) is 0 Å². The van der Waals surface area contributed by atoms with E-state index >= 15 is 0 Å². The predicted octanol–water partition coefficient (Wildman–Crippen LogP) is 3.18. The molecular formula is C23H30BrNO6. The topological polar surface area (TPSA) is 85.3 Å². The molecule has 1 aromatic rings. The van der Waals surface area contributed by atoms with E-state index < -0.39 is 27.3 Å². The number of hydrogen-bond acceptors (Lipinski definition) is 7. The molecule has 0 radical (unpaired) electrons. The molecule has 170 valence electrons. The Morgan fingerprint density at radius 2 is 2.03 bits per heavy atom. The highest BCUT2D eigenvalue weighted by Gasteiger charge is 2.69. The van der Waals surface area contributed by atoms with Crippen LogP contribution in [0.2, 0.25) is 0 Å². The molecule has 0 unspecified atom stereocenters. The quantitative estimate of drug-likeness (QED) is 0.368. The molecule has 1 aromatic carbocycles. The summed E-state index contributed by atoms with van der Waals surface area (Å²) >= 11 is 3.80. The first kappa shape index (κ1) is 23.8. The van der Waals surface area contributed by atoms with E-state index in [2.05, 4.69) is 20.8 Å². The monoisotopic (exact) mass is 495 g/mol. The van der Waals surface area contributed by atoms with Crippen molar-refractivity contribution in [2.75, 3.05) is 33.9 Å². The third-order valence-electron chi connectivity index (χ3n) is 6.29. The van der Waals surface area contributed by atoms with E-state index in [4.69, 9.17) is 14.2 Å². The Labute approximate surface area is 191 Å². The molecule has 1 saturated carbocycles. The normalized spacial score (nSPS) is 30.8. The van der Waals surface area contributed by atoms with Crippen LogP contribution in [-0.4, -0.2) is 65.7 Å². The maximum Gasteiger partial charge on any atom is 0.316 e. The number of methoxy groups -OCH3 is 1. The molecule has 0 aromatic heterocycles. The third-order valence-corrected chi connectivity index (χ3v) is 7.55. The summed E-state index contributed by atoms with van der Waals surface area (Å²) in [5, 5.41) is 12.1. The summed E-state index contributed by atoms with van der Waals surface area (Å²) in [7, 11) is 3.44. The van der Waals surface area contributed by atoms with Crippen molar-refractivity contribution in [2.24, 2.45) is 5.41 Å². The number of likely N-dealkylation sites (tertiary alicyclic amines) is 1. The molecule has 0 spiro atoms. The van der Waals surface area contributed by atoms with Crippen LogP contribution in [0, 0.1) is 5.41 Å². The van der Waals surface area contributed by atoms with Crippen molar-refractivity contribution in [3.63, 3.8) is 0 Å². The number of esters is 2. The maximum absolute atomic E-state index is 13.2. The van der Waals surface area contributed by atoms with Crippen molar-refractivity contribution in [3.8, 4) is 11.5 Å². The van der Waals surface area contributed by atoms with E-state index in [9.17, 15) is 14.7 Å². The van der Waals surface area contributed by atoms with Gasteiger partial charge in [0.1, 0.15) is 11.0 Å². The largest absolute Gasteiger partial charge is 0.493 e. The van der Waals surface area contributed by atoms with E-state index in [1.54, 1.807) is 37.3 Å². The number of nitrogens with zero attached hydrogens (tertiary/aromatic N) is 1. The summed E-state index contributed by atoms with van der Waals surface area (Å²) in [4.78, 5) is 26.9. The fourth-order valence-electron chi connectivity index (χ4n) is 5.01. The number of para-hydroxylation sites is 1. The molecule has 3 rings (SSSR count). The number of halogens is 1. The first-order valence-corrected chi connectivity index (χ1v) is 11.2. The zero-order valence-corrected chi connectivity index (χ0v) is 20.0. The van der Waals surface area contributed by atoms with Crippen molar-refractivity contribution in [1.82, 2.24) is 4.90 Å². The van der Waals surface area contributed by atoms with Crippen LogP contribution in [0.4, 0.5) is 0 Å². The van der Waals surface area contributed by atoms with Crippen molar-refractivity contribution >= 4 is 33.9 Å². The van der Waals surface area contributed by atoms with Gasteiger partial charge in [-0.05, 0) is 39.0 Å². The molecular weight excluding hydrogens is 466 g/mol. The molecule has 2 aliphatic rings. The van der Waals surface area contributed by atoms with Crippen LogP contribution in [0.15, 0.2) is 24.3 Å². The number of piperidine rings is 1. The van der Waals surface area contributed by atoms with Gasteiger partial charge in [-0.25, -0.2) is 0 Å². The molecule has 8 heteroatoms. The van der Waals surface area contributed by atoms with Crippen LogP contribution < -0.4 is 9.47 Å². The number of carbonyl (C=O) groups excluding carboxylic acids is 2. The molecule has 1 saturated heterocycles. The molecule has 2 bridgehead atoms. The van der Waals surface area contributed by atoms with E-state index in [0.717, 1.165) is 6.42 Å². The minimum Gasteiger partial charge on any atom is -0.493 e. The van der Waals surface area contributed by atoms with Crippen molar-refractivity contribution in [2.45, 2.75) is 43.0 Å². The molecule has 1 aliphatic heterocycles. The van der Waals surface area contributed by atoms with Gasteiger partial charge >= 0.3 is 11.9 Å². The summed E-state index contributed by atoms with van der Waals surface area (Å²) in [6.45, 7) is 4.28. The van der Waals surface area contributed by atoms with Gasteiger partial charge in [0, 0.05) is 25.6 Å². The average Bonchev–Trinajstić information content (AvgIpc) is 2.69. The number of alkyl halides is 1. The summed E-state index contributed by atoms with van der Waals surface area (Å²) in [6.07, 6.45) is 5.37. The van der Waals surface area contributed by atoms with E-state index in [0.29, 0.717) is 37.2 Å². The van der Waals surface area contributed by atoms with Gasteiger partial charge in [-0.3, -0.25) is 9.59 Å². The highest BCUT2D eigenvalue weighted by atomic mass is 79.9. The number of aliphatic hydroxyl groups is 1. The number of fused-ring (bicyclic) bond motifs is 2. The van der Waals surface area contributed by atoms with Gasteiger partial charge in [0.25, 0.3) is 0 Å². The zero-order valence-electron chi connectivity index (χ0n) is 18.4. The fourth-order valence-corrected chi connectivity index (χ4v) is 6.23. The molecule has 0 amide bonds. The van der Waals surface area contributed by atoms with Gasteiger partial charge in [0.05, 0.1) is 18.0 Å². The fraction of sp³-hybridized carbons (Fsp3) is 0.565. The second kappa shape index (κ2) is 8.92. The molecule has 7 nitrogen and oxygen atoms in total. The summed E-state index contributed by atoms with van der Waals surface area (Å²) in [5.74, 6) is -0.206. The van der Waals surface area contributed by atoms with Gasteiger partial charge < -0.3 is 24.2 Å². The lowest BCUT2D eigenvalue weighted by atomic mass is 9.55. The predicted molar refractivity (Wildman–Crippen MR) is 120 cm³/mol. The number of hydrogen-bond donors (Lipinski definition) is 1. The Morgan fingerprint density at radius 3 is 2.68 bits per heavy atom. The number of carbonyl (C=O) groups is 2. The lowest BCUT2D eigenvalue weighted by Gasteiger charge is -2.61. The highest BCUT2D eigenvalue weighted by molar-refractivity contribution is 9.10. The SMILES string of the molecule is CCOC(=O)[C@]12CCC[C@](Br)(CN(C)C1)[C@]2(O)C=Cc1cccc(OC)c1OC(C)=O. The number of rotatable bonds is 6. The van der Waals surface area contributed by atoms with E-state index in [1.165, 1.54) is 14.0 Å². The summed E-state index contributed by atoms with van der Waals surface area (Å²) in [5.41, 5.74) is -2.06. The smallest absolute Gasteiger partial charge is 0.316 e. The minimum atomic E-state index is -1.51. The first-order valence-electron chi connectivity index (χ1n) is 10.4. The van der Waals surface area contributed by atoms with E-state index in [1.807, 2.05) is 7.05 Å². The Bertz CT molecular complexity index is 889. The van der Waals surface area contributed by atoms with Crippen LogP contribution in [0.1, 0.15) is 38.7 Å². The van der Waals surface area contributed by atoms with E-state index in [-0.39, 0.29) is 12.4 Å². The first-order chi connectivity index (χ1) is 14.6. The Morgan fingerprint density at radius 1 is 1.29 bits per heavy atom. The Balaban J connectivity index is 2.12. The van der Waals surface area contributed by atoms with Gasteiger partial charge in [-0.15, -0.1) is 0 Å². The molecule has 3 atom stereocenters. The maximum atomic E-state index is 13.2. The van der Waals surface area contributed by atoms with Gasteiger partial charge in [0.2, 0.25) is 0 Å². The van der Waals surface area contributed by atoms with Crippen LogP contribution in [-0.2, 0) is 14.3 Å². The summed E-state index contributed by atoms with van der Waals surface area (Å²) in [6, 6.07) is 5.24. The zero-order chi connectivity index (χ0) is 22.9. The van der Waals surface area contributed by atoms with Crippen LogP contribution in [0.3, 0.4) is 0 Å². The lowest BCUT2D eigenvalue weighted by Crippen LogP contribution is -2.74. The van der Waals surface area contributed by atoms with Crippen LogP contribution >= 0.6 is 15.9 Å². The molecule has 2 fully saturated rings. The highest BCUT2D eigenvalue weighted by Crippen LogP contribution is 2.58. The van der Waals surface area contributed by atoms with Crippen LogP contribution in [0.25, 0.3) is 6.08 Å². The van der Waals surface area contributed by atoms with Crippen LogP contribution in [0.5, 0.6) is 11.5 Å². The molecule has 31 heavy (non-hydrogen) atoms. The molecule has 1 N–H and O–H groups in total. The number of benzene rings is 1. The second-order valence-electron chi connectivity index (χ2n) is 8.37. The molecule has 1 heterocycles. The average molecular weight is 496 g/mol. The molecule has 1 aliphatic carbocycles. The van der Waals surface area contributed by atoms with Crippen molar-refractivity contribution in [3.05, 3.63) is 29.8 Å². The number of ether oxygens (including phenoxy) is 3. The Kier molecular flexibility index (Phi) is 6.84. The Hall–Kier alpha value is -1.90. The summed E-state index contributed by atoms with van der Waals surface area (Å²) < 4.78 is 15.4. The van der Waals surface area contributed by atoms with Gasteiger partial charge in [0.15, 0.2) is 11.5 Å².